The minimum Gasteiger partial charge on any atom is -0.144 e. The van der Waals surface area contributed by atoms with Crippen molar-refractivity contribution in [1.29, 1.82) is 0 Å². The zero-order valence-electron chi connectivity index (χ0n) is 11.0. The molecule has 0 amide bonds. The number of hydrogen-bond donors (Lipinski definition) is 0. The third-order valence-corrected chi connectivity index (χ3v) is 4.52. The molecule has 98 valence electrons. The van der Waals surface area contributed by atoms with Gasteiger partial charge in [0.05, 0.1) is 0 Å². The van der Waals surface area contributed by atoms with E-state index in [-0.39, 0.29) is 0 Å². The lowest BCUT2D eigenvalue weighted by Crippen LogP contribution is -1.96. The van der Waals surface area contributed by atoms with E-state index in [0.717, 1.165) is 0 Å². The van der Waals surface area contributed by atoms with Gasteiger partial charge in [-0.3, -0.25) is 0 Å². The first-order valence-corrected chi connectivity index (χ1v) is 7.96. The normalized spacial score (nSPS) is 11.1. The van der Waals surface area contributed by atoms with Gasteiger partial charge in [-0.05, 0) is 39.5 Å². The molecule has 3 aromatic rings. The van der Waals surface area contributed by atoms with Crippen LogP contribution in [-0.4, -0.2) is 0 Å². The molecule has 0 saturated carbocycles. The second kappa shape index (κ2) is 6.17. The highest BCUT2D eigenvalue weighted by Gasteiger charge is 2.04. The molecule has 1 unspecified atom stereocenters. The Bertz CT molecular complexity index is 727. The zero-order chi connectivity index (χ0) is 13.8. The molecule has 2 heteroatoms. The van der Waals surface area contributed by atoms with Gasteiger partial charge in [0.25, 0.3) is 0 Å². The molecule has 0 fully saturated rings. The molecule has 1 aromatic heterocycles. The summed E-state index contributed by atoms with van der Waals surface area (Å²) < 4.78 is 0. The SMILES string of the molecule is Pc1ccccc1-c1ccccc1C=Cc1cccs1. The second-order valence-electron chi connectivity index (χ2n) is 4.52. The summed E-state index contributed by atoms with van der Waals surface area (Å²) in [5, 5.41) is 3.33. The van der Waals surface area contributed by atoms with E-state index in [0.29, 0.717) is 0 Å². The van der Waals surface area contributed by atoms with Crippen molar-refractivity contribution in [2.75, 3.05) is 0 Å². The summed E-state index contributed by atoms with van der Waals surface area (Å²) in [7, 11) is 2.82. The summed E-state index contributed by atoms with van der Waals surface area (Å²) in [6, 6.07) is 21.2. The number of benzene rings is 2. The molecule has 0 aliphatic rings. The van der Waals surface area contributed by atoms with Crippen LogP contribution >= 0.6 is 20.6 Å². The van der Waals surface area contributed by atoms with Gasteiger partial charge in [0, 0.05) is 4.88 Å². The molecule has 1 heterocycles. The summed E-state index contributed by atoms with van der Waals surface area (Å²) in [6.07, 6.45) is 4.37. The van der Waals surface area contributed by atoms with Crippen molar-refractivity contribution in [3.05, 3.63) is 76.5 Å². The van der Waals surface area contributed by atoms with Crippen molar-refractivity contribution in [3.8, 4) is 11.1 Å². The molecule has 0 aliphatic carbocycles. The van der Waals surface area contributed by atoms with Crippen molar-refractivity contribution >= 4 is 38.0 Å². The lowest BCUT2D eigenvalue weighted by Gasteiger charge is -2.09. The first kappa shape index (κ1) is 13.3. The monoisotopic (exact) mass is 294 g/mol. The third kappa shape index (κ3) is 2.90. The topological polar surface area (TPSA) is 0 Å². The van der Waals surface area contributed by atoms with Crippen molar-refractivity contribution in [2.24, 2.45) is 0 Å². The van der Waals surface area contributed by atoms with E-state index < -0.39 is 0 Å². The van der Waals surface area contributed by atoms with Crippen LogP contribution in [0.15, 0.2) is 66.0 Å². The number of hydrogen-bond acceptors (Lipinski definition) is 1. The summed E-state index contributed by atoms with van der Waals surface area (Å²) >= 11 is 1.76. The first-order chi connectivity index (χ1) is 9.84. The minimum absolute atomic E-state index is 1.23. The summed E-state index contributed by atoms with van der Waals surface area (Å²) in [4.78, 5) is 1.28. The molecule has 0 bridgehead atoms. The summed E-state index contributed by atoms with van der Waals surface area (Å²) in [5.74, 6) is 0. The Labute approximate surface area is 126 Å². The van der Waals surface area contributed by atoms with E-state index in [1.54, 1.807) is 11.3 Å². The van der Waals surface area contributed by atoms with Crippen LogP contribution in [0.5, 0.6) is 0 Å². The zero-order valence-corrected chi connectivity index (χ0v) is 13.0. The van der Waals surface area contributed by atoms with Gasteiger partial charge in [0.1, 0.15) is 0 Å². The van der Waals surface area contributed by atoms with E-state index in [2.05, 4.69) is 87.4 Å². The molecular weight excluding hydrogens is 279 g/mol. The smallest absolute Gasteiger partial charge is 0.0270 e. The highest BCUT2D eigenvalue weighted by Crippen LogP contribution is 2.25. The lowest BCUT2D eigenvalue weighted by atomic mass is 9.99. The Hall–Kier alpha value is -1.69. The van der Waals surface area contributed by atoms with Crippen LogP contribution in [0.1, 0.15) is 10.4 Å². The standard InChI is InChI=1S/C18H15PS/c19-18-10-4-3-9-17(18)16-8-2-1-6-14(16)11-12-15-7-5-13-20-15/h1-13H,19H2. The van der Waals surface area contributed by atoms with Crippen LogP contribution in [-0.2, 0) is 0 Å². The Morgan fingerprint density at radius 1 is 0.750 bits per heavy atom. The average molecular weight is 294 g/mol. The van der Waals surface area contributed by atoms with Crippen molar-refractivity contribution in [1.82, 2.24) is 0 Å². The quantitative estimate of drug-likeness (QED) is 0.590. The average Bonchev–Trinajstić information content (AvgIpc) is 2.99. The molecule has 0 N–H and O–H groups in total. The van der Waals surface area contributed by atoms with Gasteiger partial charge >= 0.3 is 0 Å². The third-order valence-electron chi connectivity index (χ3n) is 3.18. The molecular formula is C18H15PS. The van der Waals surface area contributed by atoms with Gasteiger partial charge in [0.2, 0.25) is 0 Å². The molecule has 0 saturated heterocycles. The molecule has 0 nitrogen and oxygen atoms in total. The molecule has 1 atom stereocenters. The predicted octanol–water partition coefficient (Wildman–Crippen LogP) is 5.09. The summed E-state index contributed by atoms with van der Waals surface area (Å²) in [5.41, 5.74) is 3.78. The first-order valence-electron chi connectivity index (χ1n) is 6.50. The Kier molecular flexibility index (Phi) is 4.11. The van der Waals surface area contributed by atoms with Gasteiger partial charge in [-0.25, -0.2) is 0 Å². The summed E-state index contributed by atoms with van der Waals surface area (Å²) in [6.45, 7) is 0. The number of rotatable bonds is 3. The Morgan fingerprint density at radius 3 is 2.25 bits per heavy atom. The molecule has 2 aromatic carbocycles. The molecule has 3 rings (SSSR count). The van der Waals surface area contributed by atoms with Crippen LogP contribution in [0.4, 0.5) is 0 Å². The lowest BCUT2D eigenvalue weighted by molar-refractivity contribution is 1.62. The maximum atomic E-state index is 2.82. The Balaban J connectivity index is 2.03. The van der Waals surface area contributed by atoms with Gasteiger partial charge in [-0.2, -0.15) is 0 Å². The van der Waals surface area contributed by atoms with Crippen LogP contribution in [0, 0.1) is 0 Å². The van der Waals surface area contributed by atoms with Gasteiger partial charge < -0.3 is 0 Å². The van der Waals surface area contributed by atoms with E-state index in [9.17, 15) is 0 Å². The van der Waals surface area contributed by atoms with Crippen molar-refractivity contribution in [3.63, 3.8) is 0 Å². The van der Waals surface area contributed by atoms with Gasteiger partial charge in [-0.1, -0.05) is 60.7 Å². The molecule has 20 heavy (non-hydrogen) atoms. The fraction of sp³-hybridized carbons (Fsp3) is 0. The highest BCUT2D eigenvalue weighted by molar-refractivity contribution is 7.28. The van der Waals surface area contributed by atoms with Crippen LogP contribution in [0.2, 0.25) is 0 Å². The molecule has 0 spiro atoms. The fourth-order valence-corrected chi connectivity index (χ4v) is 3.17. The van der Waals surface area contributed by atoms with E-state index in [1.165, 1.54) is 26.9 Å². The van der Waals surface area contributed by atoms with E-state index >= 15 is 0 Å². The van der Waals surface area contributed by atoms with Gasteiger partial charge in [0.15, 0.2) is 0 Å². The largest absolute Gasteiger partial charge is 0.144 e. The van der Waals surface area contributed by atoms with Gasteiger partial charge in [-0.15, -0.1) is 20.6 Å². The van der Waals surface area contributed by atoms with E-state index in [4.69, 9.17) is 0 Å². The maximum Gasteiger partial charge on any atom is 0.0270 e. The van der Waals surface area contributed by atoms with Crippen LogP contribution in [0.3, 0.4) is 0 Å². The number of thiophene rings is 1. The van der Waals surface area contributed by atoms with Crippen molar-refractivity contribution < 1.29 is 0 Å². The van der Waals surface area contributed by atoms with E-state index in [1.807, 2.05) is 0 Å². The maximum absolute atomic E-state index is 2.82. The highest BCUT2D eigenvalue weighted by atomic mass is 32.1. The minimum atomic E-state index is 1.23. The van der Waals surface area contributed by atoms with Crippen molar-refractivity contribution in [2.45, 2.75) is 0 Å². The predicted molar refractivity (Wildman–Crippen MR) is 94.5 cm³/mol. The fourth-order valence-electron chi connectivity index (χ4n) is 2.19. The molecule has 0 aliphatic heterocycles. The van der Waals surface area contributed by atoms with Crippen LogP contribution < -0.4 is 5.30 Å². The second-order valence-corrected chi connectivity index (χ2v) is 6.12. The van der Waals surface area contributed by atoms with Crippen LogP contribution in [0.25, 0.3) is 23.3 Å². The molecule has 0 radical (unpaired) electrons. The Morgan fingerprint density at radius 2 is 1.50 bits per heavy atom.